The lowest BCUT2D eigenvalue weighted by Gasteiger charge is -2.12. The molecule has 5 heteroatoms. The lowest BCUT2D eigenvalue weighted by Crippen LogP contribution is -2.21. The zero-order valence-electron chi connectivity index (χ0n) is 11.5. The third-order valence-electron chi connectivity index (χ3n) is 2.43. The van der Waals surface area contributed by atoms with Gasteiger partial charge in [0.05, 0.1) is 33.0 Å². The first-order chi connectivity index (χ1) is 8.81. The molecular weight excluding hydrogens is 236 g/mol. The van der Waals surface area contributed by atoms with Crippen LogP contribution in [0.15, 0.2) is 0 Å². The summed E-state index contributed by atoms with van der Waals surface area (Å²) in [4.78, 5) is 0. The van der Waals surface area contributed by atoms with Gasteiger partial charge >= 0.3 is 0 Å². The van der Waals surface area contributed by atoms with Crippen LogP contribution >= 0.6 is 0 Å². The number of hydrogen-bond acceptors (Lipinski definition) is 5. The molecule has 0 bridgehead atoms. The van der Waals surface area contributed by atoms with E-state index in [1.54, 1.807) is 0 Å². The third-order valence-corrected chi connectivity index (χ3v) is 2.43. The van der Waals surface area contributed by atoms with Crippen molar-refractivity contribution in [2.24, 2.45) is 0 Å². The van der Waals surface area contributed by atoms with Gasteiger partial charge in [0.25, 0.3) is 0 Å². The van der Waals surface area contributed by atoms with E-state index in [0.29, 0.717) is 26.4 Å². The molecule has 0 fully saturated rings. The fourth-order valence-corrected chi connectivity index (χ4v) is 1.44. The van der Waals surface area contributed by atoms with Crippen LogP contribution in [0.25, 0.3) is 0 Å². The van der Waals surface area contributed by atoms with Crippen molar-refractivity contribution in [3.05, 3.63) is 0 Å². The predicted molar refractivity (Wildman–Crippen MR) is 69.4 cm³/mol. The third kappa shape index (κ3) is 13.9. The Balaban J connectivity index is 3.10. The Morgan fingerprint density at radius 1 is 0.889 bits per heavy atom. The summed E-state index contributed by atoms with van der Waals surface area (Å²) in [5.74, 6) is 0. The molecule has 110 valence electrons. The molecule has 1 atom stereocenters. The maximum absolute atomic E-state index is 9.43. The number of ether oxygens (including phenoxy) is 3. The van der Waals surface area contributed by atoms with Gasteiger partial charge < -0.3 is 24.4 Å². The Morgan fingerprint density at radius 2 is 1.61 bits per heavy atom. The Morgan fingerprint density at radius 3 is 2.33 bits per heavy atom. The van der Waals surface area contributed by atoms with Crippen LogP contribution in [0.2, 0.25) is 0 Å². The van der Waals surface area contributed by atoms with E-state index in [1.807, 2.05) is 0 Å². The second-order valence-corrected chi connectivity index (χ2v) is 4.15. The Bertz CT molecular complexity index is 138. The number of unbranched alkanes of at least 4 members (excludes halogenated alkanes) is 4. The predicted octanol–water partition coefficient (Wildman–Crippen LogP) is 1.32. The van der Waals surface area contributed by atoms with Crippen molar-refractivity contribution in [2.75, 3.05) is 39.6 Å². The number of aliphatic hydroxyl groups excluding tert-OH is 2. The van der Waals surface area contributed by atoms with Crippen LogP contribution < -0.4 is 0 Å². The summed E-state index contributed by atoms with van der Waals surface area (Å²) in [6, 6.07) is 0. The number of aliphatic hydroxyl groups is 2. The summed E-state index contributed by atoms with van der Waals surface area (Å²) in [5, 5.41) is 17.9. The van der Waals surface area contributed by atoms with Crippen LogP contribution in [0.4, 0.5) is 0 Å². The van der Waals surface area contributed by atoms with Crippen LogP contribution in [0, 0.1) is 0 Å². The van der Waals surface area contributed by atoms with E-state index >= 15 is 0 Å². The van der Waals surface area contributed by atoms with Gasteiger partial charge in [-0.15, -0.1) is 0 Å². The van der Waals surface area contributed by atoms with Gasteiger partial charge in [0, 0.05) is 6.61 Å². The Kier molecular flexibility index (Phi) is 14.7. The molecule has 0 spiro atoms. The van der Waals surface area contributed by atoms with Crippen molar-refractivity contribution in [3.63, 3.8) is 0 Å². The molecule has 0 aromatic rings. The van der Waals surface area contributed by atoms with E-state index in [9.17, 15) is 5.11 Å². The minimum Gasteiger partial charge on any atom is -0.394 e. The van der Waals surface area contributed by atoms with E-state index in [-0.39, 0.29) is 13.2 Å². The van der Waals surface area contributed by atoms with Crippen molar-refractivity contribution in [2.45, 2.75) is 45.3 Å². The normalized spacial score (nSPS) is 12.8. The molecule has 0 aliphatic carbocycles. The molecule has 0 saturated heterocycles. The van der Waals surface area contributed by atoms with Gasteiger partial charge in [0.15, 0.2) is 6.29 Å². The van der Waals surface area contributed by atoms with Crippen LogP contribution in [0.1, 0.15) is 39.0 Å². The highest BCUT2D eigenvalue weighted by atomic mass is 16.6. The van der Waals surface area contributed by atoms with E-state index in [2.05, 4.69) is 6.92 Å². The first-order valence-corrected chi connectivity index (χ1v) is 6.87. The first-order valence-electron chi connectivity index (χ1n) is 6.87. The second-order valence-electron chi connectivity index (χ2n) is 4.15. The second kappa shape index (κ2) is 14.9. The summed E-state index contributed by atoms with van der Waals surface area (Å²) in [6.45, 7) is 4.08. The number of hydrogen-bond donors (Lipinski definition) is 2. The quantitative estimate of drug-likeness (QED) is 0.366. The Labute approximate surface area is 110 Å². The molecule has 0 aromatic carbocycles. The summed E-state index contributed by atoms with van der Waals surface area (Å²) >= 11 is 0. The van der Waals surface area contributed by atoms with Gasteiger partial charge in [0.2, 0.25) is 0 Å². The number of rotatable bonds is 14. The van der Waals surface area contributed by atoms with Gasteiger partial charge in [-0.05, 0) is 6.42 Å². The molecule has 0 aliphatic heterocycles. The molecule has 2 N–H and O–H groups in total. The zero-order valence-corrected chi connectivity index (χ0v) is 11.5. The molecule has 0 rings (SSSR count). The van der Waals surface area contributed by atoms with Crippen LogP contribution in [0.3, 0.4) is 0 Å². The highest BCUT2D eigenvalue weighted by molar-refractivity contribution is 4.44. The van der Waals surface area contributed by atoms with Crippen molar-refractivity contribution >= 4 is 0 Å². The van der Waals surface area contributed by atoms with Crippen LogP contribution in [-0.4, -0.2) is 56.1 Å². The minimum atomic E-state index is -0.853. The molecule has 0 saturated carbocycles. The lowest BCUT2D eigenvalue weighted by molar-refractivity contribution is -0.141. The van der Waals surface area contributed by atoms with Crippen LogP contribution in [0.5, 0.6) is 0 Å². The van der Waals surface area contributed by atoms with Gasteiger partial charge in [-0.1, -0.05) is 32.6 Å². The Hall–Kier alpha value is -0.200. The van der Waals surface area contributed by atoms with Gasteiger partial charge in [-0.25, -0.2) is 0 Å². The standard InChI is InChI=1S/C13H28O5/c1-2-3-4-5-6-8-18-13(15)12-17-11-10-16-9-7-14/h13-15H,2-12H2,1H3. The molecule has 0 amide bonds. The highest BCUT2D eigenvalue weighted by Gasteiger charge is 2.03. The SMILES string of the molecule is CCCCCCCOC(O)COCCOCCO. The largest absolute Gasteiger partial charge is 0.394 e. The fourth-order valence-electron chi connectivity index (χ4n) is 1.44. The smallest absolute Gasteiger partial charge is 0.178 e. The first kappa shape index (κ1) is 17.8. The molecule has 0 heterocycles. The molecule has 0 radical (unpaired) electrons. The molecule has 0 aromatic heterocycles. The van der Waals surface area contributed by atoms with E-state index in [1.165, 1.54) is 19.3 Å². The van der Waals surface area contributed by atoms with Crippen molar-refractivity contribution in [1.82, 2.24) is 0 Å². The van der Waals surface area contributed by atoms with E-state index < -0.39 is 6.29 Å². The van der Waals surface area contributed by atoms with Gasteiger partial charge in [-0.3, -0.25) is 0 Å². The zero-order chi connectivity index (χ0) is 13.5. The van der Waals surface area contributed by atoms with Gasteiger partial charge in [0.1, 0.15) is 0 Å². The average molecular weight is 264 g/mol. The minimum absolute atomic E-state index is 0.0176. The molecule has 1 unspecified atom stereocenters. The molecular formula is C13H28O5. The fraction of sp³-hybridized carbons (Fsp3) is 1.00. The molecule has 5 nitrogen and oxygen atoms in total. The highest BCUT2D eigenvalue weighted by Crippen LogP contribution is 2.03. The molecule has 0 aliphatic rings. The molecule has 18 heavy (non-hydrogen) atoms. The van der Waals surface area contributed by atoms with E-state index in [4.69, 9.17) is 19.3 Å². The van der Waals surface area contributed by atoms with Crippen molar-refractivity contribution in [1.29, 1.82) is 0 Å². The van der Waals surface area contributed by atoms with E-state index in [0.717, 1.165) is 12.8 Å². The summed E-state index contributed by atoms with van der Waals surface area (Å²) in [5.41, 5.74) is 0. The van der Waals surface area contributed by atoms with Crippen molar-refractivity contribution in [3.8, 4) is 0 Å². The summed E-state index contributed by atoms with van der Waals surface area (Å²) < 4.78 is 15.4. The summed E-state index contributed by atoms with van der Waals surface area (Å²) in [7, 11) is 0. The van der Waals surface area contributed by atoms with Crippen LogP contribution in [-0.2, 0) is 14.2 Å². The van der Waals surface area contributed by atoms with Crippen molar-refractivity contribution < 1.29 is 24.4 Å². The topological polar surface area (TPSA) is 68.2 Å². The lowest BCUT2D eigenvalue weighted by atomic mass is 10.2. The average Bonchev–Trinajstić information content (AvgIpc) is 2.38. The maximum atomic E-state index is 9.43. The maximum Gasteiger partial charge on any atom is 0.178 e. The van der Waals surface area contributed by atoms with Gasteiger partial charge in [-0.2, -0.15) is 0 Å². The monoisotopic (exact) mass is 264 g/mol. The summed E-state index contributed by atoms with van der Waals surface area (Å²) in [6.07, 6.45) is 5.01.